The first-order chi connectivity index (χ1) is 9.64. The molecule has 0 spiro atoms. The van der Waals surface area contributed by atoms with Crippen molar-refractivity contribution in [3.05, 3.63) is 24.1 Å². The Balaban J connectivity index is 1.74. The third kappa shape index (κ3) is 2.40. The van der Waals surface area contributed by atoms with E-state index in [1.807, 2.05) is 18.2 Å². The van der Waals surface area contributed by atoms with Crippen LogP contribution in [0.3, 0.4) is 0 Å². The van der Waals surface area contributed by atoms with E-state index in [2.05, 4.69) is 23.7 Å². The number of nitrogens with two attached hydrogens (primary N) is 1. The Labute approximate surface area is 120 Å². The maximum absolute atomic E-state index is 5.81. The number of nitrogen functional groups attached to an aromatic ring is 1. The van der Waals surface area contributed by atoms with E-state index >= 15 is 0 Å². The van der Waals surface area contributed by atoms with E-state index in [0.717, 1.165) is 42.3 Å². The normalized spacial score (nSPS) is 18.9. The maximum Gasteiger partial charge on any atom is 0.209 e. The summed E-state index contributed by atoms with van der Waals surface area (Å²) in [6.45, 7) is 7.70. The van der Waals surface area contributed by atoms with Gasteiger partial charge in [0.05, 0.1) is 6.54 Å². The second-order valence-electron chi connectivity index (χ2n) is 6.00. The third-order valence-electron chi connectivity index (χ3n) is 4.83. The molecule has 0 unspecified atom stereocenters. The van der Waals surface area contributed by atoms with Crippen LogP contribution in [0.4, 0.5) is 5.69 Å². The standard InChI is InChI=1S/C16H23N3O/c1-3-16(4-2)7-8-19(11-16)10-15-18-13-9-12(17)5-6-14(13)20-15/h5-6,9H,3-4,7-8,10-11,17H2,1-2H3. The van der Waals surface area contributed by atoms with E-state index in [9.17, 15) is 0 Å². The Hall–Kier alpha value is -1.55. The molecule has 2 N–H and O–H groups in total. The van der Waals surface area contributed by atoms with Crippen LogP contribution in [0.15, 0.2) is 22.6 Å². The van der Waals surface area contributed by atoms with Gasteiger partial charge in [-0.25, -0.2) is 4.98 Å². The van der Waals surface area contributed by atoms with Gasteiger partial charge in [-0.2, -0.15) is 0 Å². The number of hydrogen-bond donors (Lipinski definition) is 1. The molecule has 4 heteroatoms. The van der Waals surface area contributed by atoms with Crippen LogP contribution in [-0.2, 0) is 6.54 Å². The Morgan fingerprint density at radius 1 is 1.35 bits per heavy atom. The molecule has 0 radical (unpaired) electrons. The first kappa shape index (κ1) is 13.4. The Morgan fingerprint density at radius 3 is 2.85 bits per heavy atom. The van der Waals surface area contributed by atoms with Crippen molar-refractivity contribution in [1.29, 1.82) is 0 Å². The zero-order valence-electron chi connectivity index (χ0n) is 12.4. The first-order valence-electron chi connectivity index (χ1n) is 7.51. The van der Waals surface area contributed by atoms with Gasteiger partial charge in [0.2, 0.25) is 5.89 Å². The number of anilines is 1. The summed E-state index contributed by atoms with van der Waals surface area (Å²) in [4.78, 5) is 7.01. The lowest BCUT2D eigenvalue weighted by molar-refractivity contribution is 0.224. The summed E-state index contributed by atoms with van der Waals surface area (Å²) in [5, 5.41) is 0. The van der Waals surface area contributed by atoms with E-state index in [-0.39, 0.29) is 0 Å². The van der Waals surface area contributed by atoms with Crippen molar-refractivity contribution < 1.29 is 4.42 Å². The number of nitrogens with zero attached hydrogens (tertiary/aromatic N) is 2. The quantitative estimate of drug-likeness (QED) is 0.867. The highest BCUT2D eigenvalue weighted by molar-refractivity contribution is 5.76. The average Bonchev–Trinajstić information content (AvgIpc) is 3.03. The molecule has 1 fully saturated rings. The summed E-state index contributed by atoms with van der Waals surface area (Å²) in [5.74, 6) is 0.800. The van der Waals surface area contributed by atoms with Crippen LogP contribution in [0.5, 0.6) is 0 Å². The fourth-order valence-corrected chi connectivity index (χ4v) is 3.24. The lowest BCUT2D eigenvalue weighted by Gasteiger charge is -2.26. The third-order valence-corrected chi connectivity index (χ3v) is 4.83. The Bertz CT molecular complexity index is 601. The molecule has 1 aromatic carbocycles. The molecule has 0 bridgehead atoms. The number of fused-ring (bicyclic) bond motifs is 1. The highest BCUT2D eigenvalue weighted by Gasteiger charge is 2.35. The van der Waals surface area contributed by atoms with E-state index in [1.165, 1.54) is 19.3 Å². The highest BCUT2D eigenvalue weighted by atomic mass is 16.3. The lowest BCUT2D eigenvalue weighted by Crippen LogP contribution is -2.26. The van der Waals surface area contributed by atoms with E-state index in [1.54, 1.807) is 0 Å². The molecule has 0 saturated carbocycles. The molecule has 1 aliphatic heterocycles. The van der Waals surface area contributed by atoms with Crippen molar-refractivity contribution in [2.24, 2.45) is 5.41 Å². The second-order valence-corrected chi connectivity index (χ2v) is 6.00. The minimum absolute atomic E-state index is 0.496. The van der Waals surface area contributed by atoms with Crippen molar-refractivity contribution >= 4 is 16.8 Å². The fourth-order valence-electron chi connectivity index (χ4n) is 3.24. The maximum atomic E-state index is 5.81. The van der Waals surface area contributed by atoms with Gasteiger partial charge in [0.1, 0.15) is 5.52 Å². The number of benzene rings is 1. The van der Waals surface area contributed by atoms with Gasteiger partial charge in [-0.3, -0.25) is 4.90 Å². The SMILES string of the molecule is CCC1(CC)CCN(Cc2nc3cc(N)ccc3o2)C1. The minimum atomic E-state index is 0.496. The lowest BCUT2D eigenvalue weighted by atomic mass is 9.82. The van der Waals surface area contributed by atoms with Crippen molar-refractivity contribution in [1.82, 2.24) is 9.88 Å². The fraction of sp³-hybridized carbons (Fsp3) is 0.562. The largest absolute Gasteiger partial charge is 0.439 e. The van der Waals surface area contributed by atoms with Crippen LogP contribution in [0.1, 0.15) is 39.0 Å². The summed E-state index contributed by atoms with van der Waals surface area (Å²) in [6.07, 6.45) is 3.79. The van der Waals surface area contributed by atoms with Crippen LogP contribution < -0.4 is 5.73 Å². The van der Waals surface area contributed by atoms with Crippen LogP contribution in [-0.4, -0.2) is 23.0 Å². The molecular weight excluding hydrogens is 250 g/mol. The van der Waals surface area contributed by atoms with Gasteiger partial charge in [-0.05, 0) is 49.4 Å². The molecule has 1 aromatic heterocycles. The molecule has 2 heterocycles. The van der Waals surface area contributed by atoms with Gasteiger partial charge in [0.25, 0.3) is 0 Å². The van der Waals surface area contributed by atoms with Crippen LogP contribution in [0.25, 0.3) is 11.1 Å². The number of likely N-dealkylation sites (tertiary alicyclic amines) is 1. The van der Waals surface area contributed by atoms with Crippen molar-refractivity contribution in [3.63, 3.8) is 0 Å². The predicted molar refractivity (Wildman–Crippen MR) is 81.3 cm³/mol. The smallest absolute Gasteiger partial charge is 0.209 e. The van der Waals surface area contributed by atoms with Crippen LogP contribution >= 0.6 is 0 Å². The van der Waals surface area contributed by atoms with Gasteiger partial charge in [-0.1, -0.05) is 13.8 Å². The van der Waals surface area contributed by atoms with Crippen molar-refractivity contribution in [2.75, 3.05) is 18.8 Å². The second kappa shape index (κ2) is 5.09. The van der Waals surface area contributed by atoms with Gasteiger partial charge in [-0.15, -0.1) is 0 Å². The number of hydrogen-bond acceptors (Lipinski definition) is 4. The van der Waals surface area contributed by atoms with Crippen LogP contribution in [0.2, 0.25) is 0 Å². The minimum Gasteiger partial charge on any atom is -0.439 e. The molecule has 0 aliphatic carbocycles. The summed E-state index contributed by atoms with van der Waals surface area (Å²) in [7, 11) is 0. The Kier molecular flexibility index (Phi) is 3.42. The van der Waals surface area contributed by atoms with E-state index < -0.39 is 0 Å². The van der Waals surface area contributed by atoms with Gasteiger partial charge < -0.3 is 10.2 Å². The number of oxazole rings is 1. The molecule has 0 amide bonds. The zero-order valence-corrected chi connectivity index (χ0v) is 12.4. The first-order valence-corrected chi connectivity index (χ1v) is 7.51. The van der Waals surface area contributed by atoms with Crippen LogP contribution in [0, 0.1) is 5.41 Å². The van der Waals surface area contributed by atoms with E-state index in [0.29, 0.717) is 5.41 Å². The van der Waals surface area contributed by atoms with Crippen molar-refractivity contribution in [3.8, 4) is 0 Å². The Morgan fingerprint density at radius 2 is 2.15 bits per heavy atom. The number of aromatic nitrogens is 1. The molecule has 4 nitrogen and oxygen atoms in total. The summed E-state index contributed by atoms with van der Waals surface area (Å²) in [6, 6.07) is 5.62. The molecule has 0 atom stereocenters. The molecular formula is C16H23N3O. The average molecular weight is 273 g/mol. The summed E-state index contributed by atoms with van der Waals surface area (Å²) >= 11 is 0. The molecule has 1 saturated heterocycles. The van der Waals surface area contributed by atoms with Gasteiger partial charge in [0.15, 0.2) is 5.58 Å². The molecule has 20 heavy (non-hydrogen) atoms. The molecule has 1 aliphatic rings. The molecule has 108 valence electrons. The zero-order chi connectivity index (χ0) is 14.2. The monoisotopic (exact) mass is 273 g/mol. The molecule has 3 rings (SSSR count). The van der Waals surface area contributed by atoms with Gasteiger partial charge in [0, 0.05) is 12.2 Å². The summed E-state index contributed by atoms with van der Waals surface area (Å²) < 4.78 is 5.81. The van der Waals surface area contributed by atoms with E-state index in [4.69, 9.17) is 10.2 Å². The summed E-state index contributed by atoms with van der Waals surface area (Å²) in [5.41, 5.74) is 8.69. The predicted octanol–water partition coefficient (Wildman–Crippen LogP) is 3.42. The molecule has 2 aromatic rings. The topological polar surface area (TPSA) is 55.3 Å². The van der Waals surface area contributed by atoms with Gasteiger partial charge >= 0.3 is 0 Å². The highest BCUT2D eigenvalue weighted by Crippen LogP contribution is 2.37. The number of rotatable bonds is 4. The van der Waals surface area contributed by atoms with Crippen molar-refractivity contribution in [2.45, 2.75) is 39.7 Å².